The molecule has 0 aliphatic rings. The first-order valence-corrected chi connectivity index (χ1v) is 15.1. The molecule has 4 nitrogen and oxygen atoms in total. The lowest BCUT2D eigenvalue weighted by molar-refractivity contribution is 1.22. The molecule has 0 atom stereocenters. The molecule has 46 heavy (non-hydrogen) atoms. The van der Waals surface area contributed by atoms with Gasteiger partial charge in [-0.15, -0.1) is 0 Å². The molecule has 214 valence electrons. The molecular formula is C42H26N4. The van der Waals surface area contributed by atoms with E-state index < -0.39 is 0 Å². The van der Waals surface area contributed by atoms with Crippen LogP contribution in [0.15, 0.2) is 158 Å². The summed E-state index contributed by atoms with van der Waals surface area (Å²) in [5.74, 6) is 0. The first-order valence-electron chi connectivity index (χ1n) is 15.1. The van der Waals surface area contributed by atoms with Gasteiger partial charge in [-0.1, -0.05) is 72.8 Å². The van der Waals surface area contributed by atoms with Crippen LogP contribution in [0, 0.1) is 11.3 Å². The van der Waals surface area contributed by atoms with E-state index in [1.54, 1.807) is 12.4 Å². The van der Waals surface area contributed by atoms with Gasteiger partial charge in [0, 0.05) is 12.4 Å². The number of hydrogen-bond acceptors (Lipinski definition) is 4. The van der Waals surface area contributed by atoms with Gasteiger partial charge in [0.05, 0.1) is 34.4 Å². The van der Waals surface area contributed by atoms with E-state index in [2.05, 4.69) is 101 Å². The van der Waals surface area contributed by atoms with Crippen LogP contribution < -0.4 is 0 Å². The fourth-order valence-corrected chi connectivity index (χ4v) is 6.03. The molecule has 0 radical (unpaired) electrons. The number of rotatable bonds is 5. The first kappa shape index (κ1) is 27.1. The lowest BCUT2D eigenvalue weighted by Gasteiger charge is -2.16. The highest BCUT2D eigenvalue weighted by Gasteiger charge is 2.15. The van der Waals surface area contributed by atoms with E-state index in [1.807, 2.05) is 60.7 Å². The molecule has 0 spiro atoms. The van der Waals surface area contributed by atoms with Crippen LogP contribution in [0.1, 0.15) is 5.56 Å². The van der Waals surface area contributed by atoms with E-state index in [0.717, 1.165) is 61.5 Å². The summed E-state index contributed by atoms with van der Waals surface area (Å²) in [6.07, 6.45) is 3.60. The molecule has 5 aromatic carbocycles. The smallest absolute Gasteiger partial charge is 0.0991 e. The quantitative estimate of drug-likeness (QED) is 0.201. The van der Waals surface area contributed by atoms with Crippen molar-refractivity contribution in [1.82, 2.24) is 15.0 Å². The van der Waals surface area contributed by atoms with Gasteiger partial charge >= 0.3 is 0 Å². The van der Waals surface area contributed by atoms with Crippen molar-refractivity contribution >= 4 is 21.5 Å². The van der Waals surface area contributed by atoms with Gasteiger partial charge in [0.1, 0.15) is 0 Å². The zero-order chi connectivity index (χ0) is 30.9. The molecule has 0 bridgehead atoms. The van der Waals surface area contributed by atoms with Crippen LogP contribution in [0.4, 0.5) is 0 Å². The van der Waals surface area contributed by atoms with E-state index in [4.69, 9.17) is 4.98 Å². The first-order chi connectivity index (χ1) is 22.7. The standard InChI is InChI=1S/C42H26N4/c43-27-28-11-13-29(14-12-28)33-17-15-30-16-18-34(22-35(30)21-33)37-23-31-7-1-2-8-32(31)24-38(37)36-25-41(39-9-3-5-19-44-39)46-42(26-36)40-10-4-6-20-45-40/h1-26H. The molecule has 0 aliphatic carbocycles. The van der Waals surface area contributed by atoms with Gasteiger partial charge < -0.3 is 0 Å². The average molecular weight is 587 g/mol. The van der Waals surface area contributed by atoms with Crippen molar-refractivity contribution in [3.63, 3.8) is 0 Å². The van der Waals surface area contributed by atoms with Gasteiger partial charge in [-0.3, -0.25) is 9.97 Å². The lowest BCUT2D eigenvalue weighted by Crippen LogP contribution is -1.95. The second kappa shape index (κ2) is 11.6. The predicted octanol–water partition coefficient (Wildman–Crippen LogP) is 10.4. The van der Waals surface area contributed by atoms with Crippen molar-refractivity contribution in [3.8, 4) is 62.2 Å². The molecule has 3 heterocycles. The summed E-state index contributed by atoms with van der Waals surface area (Å²) in [5, 5.41) is 13.9. The molecular weight excluding hydrogens is 560 g/mol. The Labute approximate surface area is 266 Å². The van der Waals surface area contributed by atoms with Crippen LogP contribution in [0.2, 0.25) is 0 Å². The molecule has 8 rings (SSSR count). The fraction of sp³-hybridized carbons (Fsp3) is 0. The van der Waals surface area contributed by atoms with Crippen molar-refractivity contribution in [3.05, 3.63) is 164 Å². The maximum atomic E-state index is 9.24. The summed E-state index contributed by atoms with van der Waals surface area (Å²) in [6, 6.07) is 52.3. The molecule has 0 N–H and O–H groups in total. The van der Waals surface area contributed by atoms with Crippen molar-refractivity contribution in [2.24, 2.45) is 0 Å². The molecule has 0 unspecified atom stereocenters. The minimum absolute atomic E-state index is 0.657. The van der Waals surface area contributed by atoms with Gasteiger partial charge in [-0.05, 0) is 128 Å². The van der Waals surface area contributed by atoms with Crippen LogP contribution in [-0.2, 0) is 0 Å². The zero-order valence-corrected chi connectivity index (χ0v) is 24.8. The molecule has 0 aliphatic heterocycles. The Balaban J connectivity index is 1.33. The SMILES string of the molecule is N#Cc1ccc(-c2ccc3ccc(-c4cc5ccccc5cc4-c4cc(-c5ccccn5)nc(-c5ccccn5)c4)cc3c2)cc1. The van der Waals surface area contributed by atoms with Gasteiger partial charge in [0.2, 0.25) is 0 Å². The number of nitriles is 1. The maximum Gasteiger partial charge on any atom is 0.0991 e. The van der Waals surface area contributed by atoms with Gasteiger partial charge in [-0.25, -0.2) is 4.98 Å². The van der Waals surface area contributed by atoms with Crippen LogP contribution >= 0.6 is 0 Å². The molecule has 8 aromatic rings. The minimum Gasteiger partial charge on any atom is -0.255 e. The molecule has 0 saturated carbocycles. The Bertz CT molecular complexity index is 2350. The third kappa shape index (κ3) is 5.17. The number of benzene rings is 5. The molecule has 0 saturated heterocycles. The van der Waals surface area contributed by atoms with Gasteiger partial charge in [0.25, 0.3) is 0 Å². The van der Waals surface area contributed by atoms with E-state index in [-0.39, 0.29) is 0 Å². The monoisotopic (exact) mass is 586 g/mol. The van der Waals surface area contributed by atoms with E-state index in [9.17, 15) is 5.26 Å². The fourth-order valence-electron chi connectivity index (χ4n) is 6.03. The normalized spacial score (nSPS) is 11.0. The minimum atomic E-state index is 0.657. The highest BCUT2D eigenvalue weighted by molar-refractivity contribution is 5.99. The Morgan fingerprint density at radius 2 is 0.935 bits per heavy atom. The summed E-state index contributed by atoms with van der Waals surface area (Å²) in [5.41, 5.74) is 10.5. The molecule has 4 heteroatoms. The van der Waals surface area contributed by atoms with Crippen molar-refractivity contribution < 1.29 is 0 Å². The van der Waals surface area contributed by atoms with Crippen LogP contribution in [-0.4, -0.2) is 15.0 Å². The lowest BCUT2D eigenvalue weighted by atomic mass is 9.89. The Morgan fingerprint density at radius 1 is 0.391 bits per heavy atom. The number of fused-ring (bicyclic) bond motifs is 2. The Kier molecular flexibility index (Phi) is 6.83. The number of pyridine rings is 3. The predicted molar refractivity (Wildman–Crippen MR) is 187 cm³/mol. The molecule has 3 aromatic heterocycles. The highest BCUT2D eigenvalue weighted by Crippen LogP contribution is 2.39. The average Bonchev–Trinajstić information content (AvgIpc) is 3.14. The largest absolute Gasteiger partial charge is 0.255 e. The summed E-state index contributed by atoms with van der Waals surface area (Å²) < 4.78 is 0. The summed E-state index contributed by atoms with van der Waals surface area (Å²) >= 11 is 0. The zero-order valence-electron chi connectivity index (χ0n) is 24.8. The second-order valence-electron chi connectivity index (χ2n) is 11.3. The summed E-state index contributed by atoms with van der Waals surface area (Å²) in [7, 11) is 0. The highest BCUT2D eigenvalue weighted by atomic mass is 14.8. The molecule has 0 fully saturated rings. The number of nitrogens with zero attached hydrogens (tertiary/aromatic N) is 4. The second-order valence-corrected chi connectivity index (χ2v) is 11.3. The van der Waals surface area contributed by atoms with Gasteiger partial charge in [-0.2, -0.15) is 5.26 Å². The van der Waals surface area contributed by atoms with Gasteiger partial charge in [0.15, 0.2) is 0 Å². The van der Waals surface area contributed by atoms with Crippen molar-refractivity contribution in [2.75, 3.05) is 0 Å². The van der Waals surface area contributed by atoms with Crippen molar-refractivity contribution in [1.29, 1.82) is 5.26 Å². The topological polar surface area (TPSA) is 62.5 Å². The third-order valence-corrected chi connectivity index (χ3v) is 8.38. The number of hydrogen-bond donors (Lipinski definition) is 0. The Hall–Kier alpha value is -6.44. The van der Waals surface area contributed by atoms with Crippen LogP contribution in [0.3, 0.4) is 0 Å². The summed E-state index contributed by atoms with van der Waals surface area (Å²) in [6.45, 7) is 0. The Morgan fingerprint density at radius 3 is 1.52 bits per heavy atom. The van der Waals surface area contributed by atoms with Crippen molar-refractivity contribution in [2.45, 2.75) is 0 Å². The van der Waals surface area contributed by atoms with Crippen LogP contribution in [0.5, 0.6) is 0 Å². The van der Waals surface area contributed by atoms with E-state index >= 15 is 0 Å². The third-order valence-electron chi connectivity index (χ3n) is 8.38. The maximum absolute atomic E-state index is 9.24. The summed E-state index contributed by atoms with van der Waals surface area (Å²) in [4.78, 5) is 14.3. The van der Waals surface area contributed by atoms with Crippen LogP contribution in [0.25, 0.3) is 77.7 Å². The molecule has 0 amide bonds. The number of aromatic nitrogens is 3. The van der Waals surface area contributed by atoms with E-state index in [0.29, 0.717) is 5.56 Å². The van der Waals surface area contributed by atoms with E-state index in [1.165, 1.54) is 16.2 Å².